The summed E-state index contributed by atoms with van der Waals surface area (Å²) in [7, 11) is 0. The summed E-state index contributed by atoms with van der Waals surface area (Å²) in [6.45, 7) is -0.234. The normalized spacial score (nSPS) is 11.2. The van der Waals surface area contributed by atoms with E-state index in [-0.39, 0.29) is 19.6 Å². The van der Waals surface area contributed by atoms with Crippen molar-refractivity contribution in [1.29, 1.82) is 0 Å². The molecule has 0 bridgehead atoms. The Morgan fingerprint density at radius 3 is 3.00 bits per heavy atom. The van der Waals surface area contributed by atoms with E-state index in [0.717, 1.165) is 0 Å². The third-order valence-electron chi connectivity index (χ3n) is 1.96. The summed E-state index contributed by atoms with van der Waals surface area (Å²) in [4.78, 5) is 41.9. The van der Waals surface area contributed by atoms with Crippen LogP contribution in [0.4, 0.5) is 4.79 Å². The molecule has 1 heterocycles. The first-order valence-corrected chi connectivity index (χ1v) is 5.28. The van der Waals surface area contributed by atoms with Crippen LogP contribution < -0.4 is 5.73 Å². The van der Waals surface area contributed by atoms with Crippen molar-refractivity contribution in [3.05, 3.63) is 18.2 Å². The van der Waals surface area contributed by atoms with Crippen molar-refractivity contribution >= 4 is 18.2 Å². The molecule has 0 spiro atoms. The molecule has 9 nitrogen and oxygen atoms in total. The SMILES string of the molecule is N[C@@H](Cc1c[nH]cn1)C(=O)OC(=O)OCCN=C=O. The fourth-order valence-electron chi connectivity index (χ4n) is 1.12. The number of ether oxygens (including phenoxy) is 2. The Balaban J connectivity index is 2.29. The van der Waals surface area contributed by atoms with E-state index >= 15 is 0 Å². The van der Waals surface area contributed by atoms with Crippen molar-refractivity contribution in [1.82, 2.24) is 9.97 Å². The van der Waals surface area contributed by atoms with Crippen molar-refractivity contribution in [3.8, 4) is 0 Å². The maximum atomic E-state index is 11.4. The minimum atomic E-state index is -1.19. The Kier molecular flexibility index (Phi) is 5.93. The van der Waals surface area contributed by atoms with E-state index < -0.39 is 18.2 Å². The molecule has 3 N–H and O–H groups in total. The van der Waals surface area contributed by atoms with E-state index in [1.807, 2.05) is 0 Å². The zero-order chi connectivity index (χ0) is 14.1. The third kappa shape index (κ3) is 5.57. The second kappa shape index (κ2) is 7.75. The summed E-state index contributed by atoms with van der Waals surface area (Å²) >= 11 is 0. The molecule has 0 amide bonds. The molecule has 1 aromatic heterocycles. The number of aliphatic imine (C=N–C) groups is 1. The fraction of sp³-hybridized carbons (Fsp3) is 0.400. The summed E-state index contributed by atoms with van der Waals surface area (Å²) < 4.78 is 8.81. The Morgan fingerprint density at radius 2 is 2.37 bits per heavy atom. The van der Waals surface area contributed by atoms with Crippen LogP contribution in [0.1, 0.15) is 5.69 Å². The fourth-order valence-corrected chi connectivity index (χ4v) is 1.12. The summed E-state index contributed by atoms with van der Waals surface area (Å²) in [5, 5.41) is 0. The second-order valence-corrected chi connectivity index (χ2v) is 3.36. The van der Waals surface area contributed by atoms with Gasteiger partial charge in [-0.25, -0.2) is 24.4 Å². The van der Waals surface area contributed by atoms with E-state index in [2.05, 4.69) is 24.4 Å². The number of carbonyl (C=O) groups excluding carboxylic acids is 3. The van der Waals surface area contributed by atoms with Crippen LogP contribution in [0.25, 0.3) is 0 Å². The second-order valence-electron chi connectivity index (χ2n) is 3.36. The van der Waals surface area contributed by atoms with Gasteiger partial charge in [0.25, 0.3) is 0 Å². The van der Waals surface area contributed by atoms with Gasteiger partial charge in [-0.1, -0.05) is 0 Å². The van der Waals surface area contributed by atoms with E-state index in [4.69, 9.17) is 5.73 Å². The number of aromatic amines is 1. The lowest BCUT2D eigenvalue weighted by atomic mass is 10.2. The lowest BCUT2D eigenvalue weighted by Gasteiger charge is -2.08. The molecule has 0 unspecified atom stereocenters. The molecule has 0 saturated heterocycles. The van der Waals surface area contributed by atoms with Crippen LogP contribution in [0.3, 0.4) is 0 Å². The number of imidazole rings is 1. The lowest BCUT2D eigenvalue weighted by molar-refractivity contribution is -0.141. The summed E-state index contributed by atoms with van der Waals surface area (Å²) in [5.74, 6) is -0.924. The van der Waals surface area contributed by atoms with Crippen LogP contribution >= 0.6 is 0 Å². The average Bonchev–Trinajstić information content (AvgIpc) is 2.87. The predicted molar refractivity (Wildman–Crippen MR) is 60.7 cm³/mol. The zero-order valence-corrected chi connectivity index (χ0v) is 9.87. The van der Waals surface area contributed by atoms with Gasteiger partial charge < -0.3 is 20.2 Å². The van der Waals surface area contributed by atoms with Crippen LogP contribution in [0.2, 0.25) is 0 Å². The van der Waals surface area contributed by atoms with Gasteiger partial charge in [0.1, 0.15) is 12.6 Å². The largest absolute Gasteiger partial charge is 0.516 e. The first kappa shape index (κ1) is 14.6. The van der Waals surface area contributed by atoms with E-state index in [1.165, 1.54) is 12.4 Å². The molecule has 0 saturated carbocycles. The Hall–Kier alpha value is -2.51. The van der Waals surface area contributed by atoms with Gasteiger partial charge in [0.2, 0.25) is 6.08 Å². The van der Waals surface area contributed by atoms with Gasteiger partial charge >= 0.3 is 12.1 Å². The van der Waals surface area contributed by atoms with E-state index in [0.29, 0.717) is 5.69 Å². The maximum absolute atomic E-state index is 11.4. The van der Waals surface area contributed by atoms with Crippen molar-refractivity contribution in [3.63, 3.8) is 0 Å². The van der Waals surface area contributed by atoms with Crippen molar-refractivity contribution in [2.75, 3.05) is 13.2 Å². The number of hydrogen-bond donors (Lipinski definition) is 2. The van der Waals surface area contributed by atoms with E-state index in [1.54, 1.807) is 6.20 Å². The number of carbonyl (C=O) groups is 2. The van der Waals surface area contributed by atoms with Gasteiger partial charge in [0, 0.05) is 12.6 Å². The number of isocyanates is 1. The zero-order valence-electron chi connectivity index (χ0n) is 9.87. The number of nitrogens with zero attached hydrogens (tertiary/aromatic N) is 2. The monoisotopic (exact) mass is 268 g/mol. The highest BCUT2D eigenvalue weighted by Crippen LogP contribution is 1.99. The first-order valence-electron chi connectivity index (χ1n) is 5.28. The highest BCUT2D eigenvalue weighted by atomic mass is 16.7. The van der Waals surface area contributed by atoms with Gasteiger partial charge in [0.05, 0.1) is 18.6 Å². The van der Waals surface area contributed by atoms with Crippen LogP contribution in [0, 0.1) is 0 Å². The Morgan fingerprint density at radius 1 is 1.58 bits per heavy atom. The molecule has 0 aliphatic heterocycles. The standard InChI is InChI=1S/C10H12N4O5/c11-8(3-7-4-13-5-14-7)9(16)19-10(17)18-2-1-12-6-15/h4-5,8H,1-3,11H2,(H,13,14)/t8-/m0/s1. The summed E-state index contributed by atoms with van der Waals surface area (Å²) in [5.41, 5.74) is 6.09. The van der Waals surface area contributed by atoms with Crippen LogP contribution in [-0.4, -0.2) is 47.4 Å². The molecule has 0 aliphatic rings. The number of nitrogens with one attached hydrogen (secondary N) is 1. The quantitative estimate of drug-likeness (QED) is 0.228. The average molecular weight is 268 g/mol. The minimum Gasteiger partial charge on any atom is -0.432 e. The topological polar surface area (TPSA) is 137 Å². The molecule has 0 radical (unpaired) electrons. The predicted octanol–water partition coefficient (Wildman–Crippen LogP) is -0.705. The minimum absolute atomic E-state index is 0.0495. The lowest BCUT2D eigenvalue weighted by Crippen LogP contribution is -2.36. The first-order chi connectivity index (χ1) is 9.13. The molecule has 0 aromatic carbocycles. The number of hydrogen-bond acceptors (Lipinski definition) is 8. The number of rotatable bonds is 6. The van der Waals surface area contributed by atoms with Gasteiger partial charge in [0.15, 0.2) is 0 Å². The molecule has 1 atom stereocenters. The molecule has 19 heavy (non-hydrogen) atoms. The molecule has 0 fully saturated rings. The van der Waals surface area contributed by atoms with Crippen LogP contribution in [0.5, 0.6) is 0 Å². The van der Waals surface area contributed by atoms with Crippen LogP contribution in [-0.2, 0) is 25.5 Å². The number of aromatic nitrogens is 2. The van der Waals surface area contributed by atoms with Gasteiger partial charge in [-0.3, -0.25) is 0 Å². The van der Waals surface area contributed by atoms with Crippen LogP contribution in [0.15, 0.2) is 17.5 Å². The highest BCUT2D eigenvalue weighted by molar-refractivity contribution is 5.85. The number of H-pyrrole nitrogens is 1. The molecule has 9 heteroatoms. The molecule has 1 aromatic rings. The van der Waals surface area contributed by atoms with Gasteiger partial charge in [-0.05, 0) is 0 Å². The Labute approximate surface area is 107 Å². The van der Waals surface area contributed by atoms with Crippen molar-refractivity contribution in [2.24, 2.45) is 10.7 Å². The third-order valence-corrected chi connectivity index (χ3v) is 1.96. The molecule has 0 aliphatic carbocycles. The number of esters is 1. The molecular formula is C10H12N4O5. The molecular weight excluding hydrogens is 256 g/mol. The molecule has 1 rings (SSSR count). The highest BCUT2D eigenvalue weighted by Gasteiger charge is 2.20. The van der Waals surface area contributed by atoms with Crippen molar-refractivity contribution in [2.45, 2.75) is 12.5 Å². The number of nitrogens with two attached hydrogens (primary N) is 1. The maximum Gasteiger partial charge on any atom is 0.516 e. The summed E-state index contributed by atoms with van der Waals surface area (Å²) in [6, 6.07) is -1.02. The van der Waals surface area contributed by atoms with E-state index in [9.17, 15) is 14.4 Å². The van der Waals surface area contributed by atoms with Crippen molar-refractivity contribution < 1.29 is 23.9 Å². The molecule has 102 valence electrons. The summed E-state index contributed by atoms with van der Waals surface area (Å²) in [6.07, 6.45) is 3.22. The smallest absolute Gasteiger partial charge is 0.432 e. The van der Waals surface area contributed by atoms with Gasteiger partial charge in [-0.15, -0.1) is 0 Å². The Bertz CT molecular complexity index is 466. The van der Waals surface area contributed by atoms with Gasteiger partial charge in [-0.2, -0.15) is 0 Å².